The first-order chi connectivity index (χ1) is 21.5. The second kappa shape index (κ2) is 12.5. The number of carbonyl (C=O) groups is 2. The van der Waals surface area contributed by atoms with Crippen molar-refractivity contribution in [2.75, 3.05) is 19.5 Å². The number of esters is 1. The van der Waals surface area contributed by atoms with Crippen LogP contribution in [0.25, 0.3) is 28.1 Å². The van der Waals surface area contributed by atoms with Crippen LogP contribution in [0.5, 0.6) is 17.4 Å². The number of ether oxygens (including phenoxy) is 3. The minimum atomic E-state index is -4.52. The molecule has 45 heavy (non-hydrogen) atoms. The number of alkyl halides is 3. The van der Waals surface area contributed by atoms with E-state index in [-0.39, 0.29) is 11.4 Å². The molecule has 5 aromatic rings. The number of amides is 1. The first-order valence-corrected chi connectivity index (χ1v) is 13.4. The van der Waals surface area contributed by atoms with Crippen LogP contribution in [0.1, 0.15) is 22.8 Å². The molecule has 0 atom stereocenters. The van der Waals surface area contributed by atoms with Gasteiger partial charge in [-0.2, -0.15) is 23.0 Å². The molecule has 12 heteroatoms. The predicted octanol–water partition coefficient (Wildman–Crippen LogP) is 7.56. The zero-order valence-electron chi connectivity index (χ0n) is 24.1. The molecular weight excluding hydrogens is 594 g/mol. The highest BCUT2D eigenvalue weighted by molar-refractivity contribution is 6.04. The van der Waals surface area contributed by atoms with Gasteiger partial charge in [-0.3, -0.25) is 9.59 Å². The Hall–Kier alpha value is -5.65. The molecule has 8 nitrogen and oxygen atoms in total. The van der Waals surface area contributed by atoms with E-state index in [0.29, 0.717) is 45.3 Å². The number of carbonyl (C=O) groups excluding carboxylic acids is 2. The fourth-order valence-electron chi connectivity index (χ4n) is 4.53. The SMILES string of the molecule is COc1cc(OC)cc(-c2nn(-c3ccc(F)cc3)c(OC(C)=O)c2-c2ccc(NC(=O)c3ccc(C(F)(F)F)cc3)cc2)c1. The van der Waals surface area contributed by atoms with E-state index < -0.39 is 29.4 Å². The molecule has 0 aliphatic rings. The summed E-state index contributed by atoms with van der Waals surface area (Å²) in [7, 11) is 3.00. The lowest BCUT2D eigenvalue weighted by molar-refractivity contribution is -0.137. The number of rotatable bonds is 8. The Balaban J connectivity index is 1.59. The molecule has 0 spiro atoms. The summed E-state index contributed by atoms with van der Waals surface area (Å²) in [6.07, 6.45) is -4.52. The van der Waals surface area contributed by atoms with Gasteiger partial charge in [0, 0.05) is 29.8 Å². The van der Waals surface area contributed by atoms with Crippen LogP contribution >= 0.6 is 0 Å². The van der Waals surface area contributed by atoms with Crippen LogP contribution < -0.4 is 19.5 Å². The molecule has 1 heterocycles. The van der Waals surface area contributed by atoms with Gasteiger partial charge in [-0.25, -0.2) is 4.39 Å². The summed E-state index contributed by atoms with van der Waals surface area (Å²) in [5, 5.41) is 7.41. The van der Waals surface area contributed by atoms with Gasteiger partial charge in [0.05, 0.1) is 31.0 Å². The lowest BCUT2D eigenvalue weighted by Gasteiger charge is -2.11. The first kappa shape index (κ1) is 30.8. The minimum Gasteiger partial charge on any atom is -0.497 e. The Kier molecular flexibility index (Phi) is 8.57. The van der Waals surface area contributed by atoms with Crippen molar-refractivity contribution in [2.45, 2.75) is 13.1 Å². The molecule has 5 rings (SSSR count). The first-order valence-electron chi connectivity index (χ1n) is 13.4. The van der Waals surface area contributed by atoms with Gasteiger partial charge in [0.1, 0.15) is 23.0 Å². The van der Waals surface area contributed by atoms with Crippen molar-refractivity contribution >= 4 is 17.6 Å². The highest BCUT2D eigenvalue weighted by Crippen LogP contribution is 2.43. The third-order valence-electron chi connectivity index (χ3n) is 6.69. The number of aromatic nitrogens is 2. The molecule has 0 aliphatic heterocycles. The number of benzene rings is 4. The number of methoxy groups -OCH3 is 2. The van der Waals surface area contributed by atoms with Gasteiger partial charge < -0.3 is 19.5 Å². The molecule has 0 fully saturated rings. The zero-order chi connectivity index (χ0) is 32.3. The van der Waals surface area contributed by atoms with Crippen molar-refractivity contribution in [3.05, 3.63) is 108 Å². The second-order valence-corrected chi connectivity index (χ2v) is 9.72. The molecule has 0 bridgehead atoms. The third-order valence-corrected chi connectivity index (χ3v) is 6.69. The van der Waals surface area contributed by atoms with Crippen LogP contribution in [0.3, 0.4) is 0 Å². The van der Waals surface area contributed by atoms with Crippen molar-refractivity contribution in [2.24, 2.45) is 0 Å². The molecule has 0 saturated heterocycles. The van der Waals surface area contributed by atoms with E-state index in [1.807, 2.05) is 0 Å². The summed E-state index contributed by atoms with van der Waals surface area (Å²) in [5.74, 6) is -0.705. The molecule has 1 N–H and O–H groups in total. The number of anilines is 1. The van der Waals surface area contributed by atoms with Crippen LogP contribution in [-0.4, -0.2) is 35.9 Å². The number of nitrogens with zero attached hydrogens (tertiary/aromatic N) is 2. The van der Waals surface area contributed by atoms with E-state index in [2.05, 4.69) is 5.32 Å². The summed E-state index contributed by atoms with van der Waals surface area (Å²) in [5.41, 5.74) is 1.79. The fourth-order valence-corrected chi connectivity index (χ4v) is 4.53. The van der Waals surface area contributed by atoms with Gasteiger partial charge in [-0.1, -0.05) is 12.1 Å². The van der Waals surface area contributed by atoms with Crippen molar-refractivity contribution in [1.29, 1.82) is 0 Å². The molecular formula is C33H25F4N3O5. The Bertz CT molecular complexity index is 1830. The van der Waals surface area contributed by atoms with E-state index in [4.69, 9.17) is 19.3 Å². The normalized spacial score (nSPS) is 11.2. The molecule has 0 radical (unpaired) electrons. The molecule has 0 unspecified atom stereocenters. The number of halogens is 4. The predicted molar refractivity (Wildman–Crippen MR) is 158 cm³/mol. The molecule has 230 valence electrons. The van der Waals surface area contributed by atoms with Gasteiger partial charge in [0.2, 0.25) is 5.88 Å². The van der Waals surface area contributed by atoms with Crippen LogP contribution in [-0.2, 0) is 11.0 Å². The van der Waals surface area contributed by atoms with Crippen LogP contribution in [0.15, 0.2) is 91.0 Å². The van der Waals surface area contributed by atoms with Crippen LogP contribution in [0.2, 0.25) is 0 Å². The third kappa shape index (κ3) is 6.80. The molecule has 1 amide bonds. The Morgan fingerprint density at radius 1 is 0.800 bits per heavy atom. The fraction of sp³-hybridized carbons (Fsp3) is 0.121. The summed E-state index contributed by atoms with van der Waals surface area (Å²) >= 11 is 0. The highest BCUT2D eigenvalue weighted by atomic mass is 19.4. The van der Waals surface area contributed by atoms with E-state index in [0.717, 1.165) is 24.3 Å². The smallest absolute Gasteiger partial charge is 0.416 e. The van der Waals surface area contributed by atoms with Gasteiger partial charge in [-0.15, -0.1) is 0 Å². The van der Waals surface area contributed by atoms with Crippen molar-refractivity contribution in [3.8, 4) is 45.5 Å². The van der Waals surface area contributed by atoms with E-state index >= 15 is 0 Å². The van der Waals surface area contributed by atoms with Crippen molar-refractivity contribution < 1.29 is 41.4 Å². The molecule has 0 saturated carbocycles. The van der Waals surface area contributed by atoms with Gasteiger partial charge in [0.15, 0.2) is 0 Å². The maximum absolute atomic E-state index is 13.8. The second-order valence-electron chi connectivity index (χ2n) is 9.72. The van der Waals surface area contributed by atoms with Crippen molar-refractivity contribution in [1.82, 2.24) is 9.78 Å². The summed E-state index contributed by atoms with van der Waals surface area (Å²) in [4.78, 5) is 25.0. The Morgan fingerprint density at radius 2 is 1.40 bits per heavy atom. The number of hydrogen-bond acceptors (Lipinski definition) is 6. The van der Waals surface area contributed by atoms with Crippen molar-refractivity contribution in [3.63, 3.8) is 0 Å². The Labute approximate surface area is 254 Å². The van der Waals surface area contributed by atoms with Crippen LogP contribution in [0, 0.1) is 5.82 Å². The maximum atomic E-state index is 13.8. The Morgan fingerprint density at radius 3 is 1.93 bits per heavy atom. The van der Waals surface area contributed by atoms with E-state index in [1.165, 1.54) is 50.1 Å². The van der Waals surface area contributed by atoms with Gasteiger partial charge in [0.25, 0.3) is 5.91 Å². The largest absolute Gasteiger partial charge is 0.497 e. The topological polar surface area (TPSA) is 91.7 Å². The molecule has 0 aliphatic carbocycles. The average Bonchev–Trinajstić information content (AvgIpc) is 3.39. The maximum Gasteiger partial charge on any atom is 0.416 e. The average molecular weight is 620 g/mol. The van der Waals surface area contributed by atoms with Gasteiger partial charge >= 0.3 is 12.1 Å². The summed E-state index contributed by atoms with van der Waals surface area (Å²) < 4.78 is 70.4. The standard InChI is InChI=1S/C33H25F4N3O5/c1-19(41)45-32-29(20-6-12-25(13-7-20)38-31(42)21-4-8-23(9-5-21)33(35,36)37)30(22-16-27(43-2)18-28(17-22)44-3)39-40(32)26-14-10-24(34)11-15-26/h4-18H,1-3H3,(H,38,42). The number of hydrogen-bond donors (Lipinski definition) is 1. The summed E-state index contributed by atoms with van der Waals surface area (Å²) in [6.45, 7) is 1.24. The molecule has 4 aromatic carbocycles. The molecule has 1 aromatic heterocycles. The minimum absolute atomic E-state index is 0.0408. The zero-order valence-corrected chi connectivity index (χ0v) is 24.1. The highest BCUT2D eigenvalue weighted by Gasteiger charge is 2.30. The monoisotopic (exact) mass is 619 g/mol. The lowest BCUT2D eigenvalue weighted by Crippen LogP contribution is -2.12. The summed E-state index contributed by atoms with van der Waals surface area (Å²) in [6, 6.07) is 20.9. The van der Waals surface area contributed by atoms with E-state index in [1.54, 1.807) is 42.5 Å². The van der Waals surface area contributed by atoms with Crippen LogP contribution in [0.4, 0.5) is 23.2 Å². The lowest BCUT2D eigenvalue weighted by atomic mass is 10.0. The van der Waals surface area contributed by atoms with E-state index in [9.17, 15) is 27.2 Å². The quantitative estimate of drug-likeness (QED) is 0.142. The van der Waals surface area contributed by atoms with Gasteiger partial charge in [-0.05, 0) is 78.4 Å². The number of nitrogens with one attached hydrogen (secondary N) is 1.